The zero-order valence-corrected chi connectivity index (χ0v) is 9.32. The molecule has 0 aliphatic carbocycles. The second-order valence-electron chi connectivity index (χ2n) is 3.20. The first-order chi connectivity index (χ1) is 7.11. The molecule has 0 spiro atoms. The maximum atomic E-state index is 11.2. The summed E-state index contributed by atoms with van der Waals surface area (Å²) in [4.78, 5) is 22.2. The first kappa shape index (κ1) is 13.9. The molecule has 15 heavy (non-hydrogen) atoms. The highest BCUT2D eigenvalue weighted by molar-refractivity contribution is 5.82. The first-order valence-corrected chi connectivity index (χ1v) is 5.19. The Balaban J connectivity index is 3.75. The van der Waals surface area contributed by atoms with E-state index < -0.39 is 18.0 Å². The van der Waals surface area contributed by atoms with E-state index in [0.717, 1.165) is 12.8 Å². The number of esters is 2. The Morgan fingerprint density at radius 1 is 1.13 bits per heavy atom. The van der Waals surface area contributed by atoms with Gasteiger partial charge in [0.15, 0.2) is 0 Å². The molecule has 1 unspecified atom stereocenters. The van der Waals surface area contributed by atoms with Gasteiger partial charge in [0.2, 0.25) is 0 Å². The van der Waals surface area contributed by atoms with Crippen molar-refractivity contribution < 1.29 is 19.1 Å². The molecule has 0 aromatic rings. The SMILES string of the molecule is CCCOC(=O)CC(N)C(=O)OCCC. The lowest BCUT2D eigenvalue weighted by molar-refractivity contribution is -0.151. The molecule has 0 aliphatic heterocycles. The summed E-state index contributed by atoms with van der Waals surface area (Å²) < 4.78 is 9.58. The molecule has 5 heteroatoms. The van der Waals surface area contributed by atoms with Crippen LogP contribution in [-0.2, 0) is 19.1 Å². The lowest BCUT2D eigenvalue weighted by Gasteiger charge is -2.10. The van der Waals surface area contributed by atoms with Gasteiger partial charge in [0.05, 0.1) is 19.6 Å². The molecule has 5 nitrogen and oxygen atoms in total. The lowest BCUT2D eigenvalue weighted by atomic mass is 10.2. The fourth-order valence-electron chi connectivity index (χ4n) is 0.847. The maximum Gasteiger partial charge on any atom is 0.323 e. The molecule has 0 aromatic carbocycles. The molecular formula is C10H19NO4. The summed E-state index contributed by atoms with van der Waals surface area (Å²) in [5.74, 6) is -1.01. The van der Waals surface area contributed by atoms with Crippen molar-refractivity contribution in [1.82, 2.24) is 0 Å². The molecule has 2 N–H and O–H groups in total. The fraction of sp³-hybridized carbons (Fsp3) is 0.800. The van der Waals surface area contributed by atoms with E-state index in [2.05, 4.69) is 0 Å². The minimum Gasteiger partial charge on any atom is -0.466 e. The molecule has 0 fully saturated rings. The van der Waals surface area contributed by atoms with Gasteiger partial charge in [-0.1, -0.05) is 13.8 Å². The first-order valence-electron chi connectivity index (χ1n) is 5.19. The van der Waals surface area contributed by atoms with Gasteiger partial charge in [0.1, 0.15) is 6.04 Å². The van der Waals surface area contributed by atoms with Crippen LogP contribution in [0.5, 0.6) is 0 Å². The molecule has 0 saturated carbocycles. The number of hydrogen-bond donors (Lipinski definition) is 1. The monoisotopic (exact) mass is 217 g/mol. The van der Waals surface area contributed by atoms with Gasteiger partial charge in [-0.3, -0.25) is 9.59 Å². The van der Waals surface area contributed by atoms with E-state index in [-0.39, 0.29) is 6.42 Å². The normalized spacial score (nSPS) is 11.9. The zero-order valence-electron chi connectivity index (χ0n) is 9.32. The van der Waals surface area contributed by atoms with Crippen LogP contribution in [0.15, 0.2) is 0 Å². The van der Waals surface area contributed by atoms with Crippen molar-refractivity contribution in [2.75, 3.05) is 13.2 Å². The molecule has 0 amide bonds. The Bertz CT molecular complexity index is 206. The van der Waals surface area contributed by atoms with Gasteiger partial charge in [0.25, 0.3) is 0 Å². The van der Waals surface area contributed by atoms with E-state index in [9.17, 15) is 9.59 Å². The molecular weight excluding hydrogens is 198 g/mol. The Morgan fingerprint density at radius 2 is 1.67 bits per heavy atom. The number of hydrogen-bond acceptors (Lipinski definition) is 5. The summed E-state index contributed by atoms with van der Waals surface area (Å²) in [5.41, 5.74) is 5.46. The van der Waals surface area contributed by atoms with Crippen molar-refractivity contribution >= 4 is 11.9 Å². The van der Waals surface area contributed by atoms with Crippen LogP contribution in [0.2, 0.25) is 0 Å². The van der Waals surface area contributed by atoms with Crippen molar-refractivity contribution in [2.45, 2.75) is 39.2 Å². The van der Waals surface area contributed by atoms with E-state index in [1.165, 1.54) is 0 Å². The Morgan fingerprint density at radius 3 is 2.20 bits per heavy atom. The van der Waals surface area contributed by atoms with Crippen LogP contribution in [0.3, 0.4) is 0 Å². The van der Waals surface area contributed by atoms with E-state index >= 15 is 0 Å². The Hall–Kier alpha value is -1.10. The van der Waals surface area contributed by atoms with Gasteiger partial charge >= 0.3 is 11.9 Å². The van der Waals surface area contributed by atoms with Crippen molar-refractivity contribution in [1.29, 1.82) is 0 Å². The van der Waals surface area contributed by atoms with Crippen molar-refractivity contribution in [2.24, 2.45) is 5.73 Å². The third-order valence-electron chi connectivity index (χ3n) is 1.60. The highest BCUT2D eigenvalue weighted by Gasteiger charge is 2.19. The van der Waals surface area contributed by atoms with Gasteiger partial charge < -0.3 is 15.2 Å². The van der Waals surface area contributed by atoms with Gasteiger partial charge in [-0.25, -0.2) is 0 Å². The second kappa shape index (κ2) is 8.23. The van der Waals surface area contributed by atoms with Crippen LogP contribution in [0.25, 0.3) is 0 Å². The van der Waals surface area contributed by atoms with Gasteiger partial charge in [-0.05, 0) is 12.8 Å². The summed E-state index contributed by atoms with van der Waals surface area (Å²) in [5, 5.41) is 0. The van der Waals surface area contributed by atoms with Gasteiger partial charge in [-0.2, -0.15) is 0 Å². The van der Waals surface area contributed by atoms with E-state index in [1.807, 2.05) is 13.8 Å². The predicted octanol–water partition coefficient (Wildman–Crippen LogP) is 0.610. The van der Waals surface area contributed by atoms with E-state index in [4.69, 9.17) is 15.2 Å². The highest BCUT2D eigenvalue weighted by Crippen LogP contribution is 1.96. The van der Waals surface area contributed by atoms with Crippen molar-refractivity contribution in [3.8, 4) is 0 Å². The minimum atomic E-state index is -0.916. The molecule has 0 saturated heterocycles. The number of carbonyl (C=O) groups excluding carboxylic acids is 2. The average molecular weight is 217 g/mol. The fourth-order valence-corrected chi connectivity index (χ4v) is 0.847. The molecule has 0 aromatic heterocycles. The summed E-state index contributed by atoms with van der Waals surface area (Å²) in [6.07, 6.45) is 1.36. The standard InChI is InChI=1S/C10H19NO4/c1-3-5-14-9(12)7-8(11)10(13)15-6-4-2/h8H,3-7,11H2,1-2H3. The zero-order chi connectivity index (χ0) is 11.7. The highest BCUT2D eigenvalue weighted by atomic mass is 16.5. The number of ether oxygens (including phenoxy) is 2. The van der Waals surface area contributed by atoms with Gasteiger partial charge in [0, 0.05) is 0 Å². The van der Waals surface area contributed by atoms with Crippen LogP contribution >= 0.6 is 0 Å². The third kappa shape index (κ3) is 6.90. The van der Waals surface area contributed by atoms with Crippen LogP contribution in [-0.4, -0.2) is 31.2 Å². The molecule has 0 bridgehead atoms. The summed E-state index contributed by atoms with van der Waals surface area (Å²) >= 11 is 0. The topological polar surface area (TPSA) is 78.6 Å². The maximum absolute atomic E-state index is 11.2. The van der Waals surface area contributed by atoms with Crippen LogP contribution in [0.4, 0.5) is 0 Å². The third-order valence-corrected chi connectivity index (χ3v) is 1.60. The second-order valence-corrected chi connectivity index (χ2v) is 3.20. The average Bonchev–Trinajstić information content (AvgIpc) is 2.22. The predicted molar refractivity (Wildman–Crippen MR) is 55.1 cm³/mol. The van der Waals surface area contributed by atoms with Crippen molar-refractivity contribution in [3.63, 3.8) is 0 Å². The van der Waals surface area contributed by atoms with Gasteiger partial charge in [-0.15, -0.1) is 0 Å². The summed E-state index contributed by atoms with van der Waals surface area (Å²) in [6, 6.07) is -0.916. The molecule has 0 rings (SSSR count). The largest absolute Gasteiger partial charge is 0.466 e. The van der Waals surface area contributed by atoms with E-state index in [1.54, 1.807) is 0 Å². The van der Waals surface area contributed by atoms with Crippen LogP contribution in [0.1, 0.15) is 33.1 Å². The van der Waals surface area contributed by atoms with Crippen LogP contribution in [0, 0.1) is 0 Å². The summed E-state index contributed by atoms with van der Waals surface area (Å²) in [7, 11) is 0. The number of carbonyl (C=O) groups is 2. The number of rotatable bonds is 7. The van der Waals surface area contributed by atoms with Crippen LogP contribution < -0.4 is 5.73 Å². The molecule has 0 radical (unpaired) electrons. The summed E-state index contributed by atoms with van der Waals surface area (Å²) in [6.45, 7) is 4.46. The Kier molecular flexibility index (Phi) is 7.62. The molecule has 0 heterocycles. The number of nitrogens with two attached hydrogens (primary N) is 1. The molecule has 0 aliphatic rings. The quantitative estimate of drug-likeness (QED) is 0.632. The lowest BCUT2D eigenvalue weighted by Crippen LogP contribution is -2.35. The molecule has 88 valence electrons. The smallest absolute Gasteiger partial charge is 0.323 e. The minimum absolute atomic E-state index is 0.122. The van der Waals surface area contributed by atoms with Crippen molar-refractivity contribution in [3.05, 3.63) is 0 Å². The Labute approximate surface area is 89.9 Å². The van der Waals surface area contributed by atoms with E-state index in [0.29, 0.717) is 13.2 Å². The molecule has 1 atom stereocenters.